The lowest BCUT2D eigenvalue weighted by Gasteiger charge is -2.34. The summed E-state index contributed by atoms with van der Waals surface area (Å²) in [5.74, 6) is 0.306. The maximum absolute atomic E-state index is 12.8. The zero-order chi connectivity index (χ0) is 17.8. The van der Waals surface area contributed by atoms with E-state index in [1.54, 1.807) is 30.3 Å². The Balaban J connectivity index is 2.25. The number of hydrogen-bond donors (Lipinski definition) is 0. The van der Waals surface area contributed by atoms with E-state index in [0.29, 0.717) is 17.9 Å². The molecule has 1 aromatic rings. The Bertz CT molecular complexity index is 636. The summed E-state index contributed by atoms with van der Waals surface area (Å²) in [6.07, 6.45) is 0.0696. The van der Waals surface area contributed by atoms with Gasteiger partial charge in [-0.05, 0) is 18.6 Å². The van der Waals surface area contributed by atoms with Crippen LogP contribution in [0.25, 0.3) is 0 Å². The Kier molecular flexibility index (Phi) is 6.19. The van der Waals surface area contributed by atoms with Gasteiger partial charge in [0, 0.05) is 23.5 Å². The number of methoxy groups -OCH3 is 1. The van der Waals surface area contributed by atoms with Crippen LogP contribution < -0.4 is 0 Å². The van der Waals surface area contributed by atoms with Crippen LogP contribution in [-0.2, 0) is 23.2 Å². The van der Waals surface area contributed by atoms with Crippen LogP contribution in [0.3, 0.4) is 0 Å². The smallest absolute Gasteiger partial charge is 0.382 e. The molecule has 1 aliphatic heterocycles. The van der Waals surface area contributed by atoms with Gasteiger partial charge < -0.3 is 9.47 Å². The average molecular weight is 388 g/mol. The van der Waals surface area contributed by atoms with Crippen molar-refractivity contribution in [2.45, 2.75) is 22.9 Å². The van der Waals surface area contributed by atoms with Gasteiger partial charge in [0.05, 0.1) is 19.3 Å². The van der Waals surface area contributed by atoms with Crippen LogP contribution in [0.1, 0.15) is 6.42 Å². The van der Waals surface area contributed by atoms with Crippen molar-refractivity contribution in [3.8, 4) is 0 Å². The van der Waals surface area contributed by atoms with E-state index < -0.39 is 25.9 Å². The molecule has 0 saturated carbocycles. The molecule has 1 aromatic carbocycles. The molecule has 5 nitrogen and oxygen atoms in total. The molecule has 0 amide bonds. The van der Waals surface area contributed by atoms with Crippen LogP contribution in [-0.4, -0.2) is 51.9 Å². The van der Waals surface area contributed by atoms with E-state index in [-0.39, 0.29) is 24.2 Å². The van der Waals surface area contributed by atoms with Crippen LogP contribution in [0, 0.1) is 0 Å². The zero-order valence-corrected chi connectivity index (χ0v) is 14.6. The molecule has 0 aliphatic carbocycles. The van der Waals surface area contributed by atoms with Gasteiger partial charge in [0.1, 0.15) is 0 Å². The minimum Gasteiger partial charge on any atom is -0.382 e. The van der Waals surface area contributed by atoms with Crippen LogP contribution >= 0.6 is 10.3 Å². The van der Waals surface area contributed by atoms with Crippen molar-refractivity contribution in [2.75, 3.05) is 31.8 Å². The Hall–Kier alpha value is -0.810. The van der Waals surface area contributed by atoms with E-state index in [4.69, 9.17) is 13.1 Å². The lowest BCUT2D eigenvalue weighted by Crippen LogP contribution is -2.28. The third kappa shape index (κ3) is 4.42. The summed E-state index contributed by atoms with van der Waals surface area (Å²) in [6.45, 7) is 0.642. The Morgan fingerprint density at radius 2 is 1.88 bits per heavy atom. The SMILES string of the molecule is COCCOC1CCS(OS(=O)(=O)C(F)(F)F)(c2ccccc2)C1. The van der Waals surface area contributed by atoms with Crippen molar-refractivity contribution in [1.82, 2.24) is 0 Å². The molecule has 0 spiro atoms. The third-order valence-corrected chi connectivity index (χ3v) is 8.80. The monoisotopic (exact) mass is 388 g/mol. The van der Waals surface area contributed by atoms with E-state index in [9.17, 15) is 21.6 Å². The Morgan fingerprint density at radius 1 is 1.21 bits per heavy atom. The van der Waals surface area contributed by atoms with Crippen LogP contribution in [0.2, 0.25) is 0 Å². The van der Waals surface area contributed by atoms with Crippen molar-refractivity contribution >= 4 is 20.4 Å². The highest BCUT2D eigenvalue weighted by molar-refractivity contribution is 8.33. The maximum Gasteiger partial charge on any atom is 0.523 e. The molecule has 1 heterocycles. The highest BCUT2D eigenvalue weighted by atomic mass is 32.3. The van der Waals surface area contributed by atoms with E-state index in [1.807, 2.05) is 0 Å². The molecule has 0 radical (unpaired) electrons. The second-order valence-corrected chi connectivity index (χ2v) is 9.99. The highest BCUT2D eigenvalue weighted by Crippen LogP contribution is 2.63. The van der Waals surface area contributed by atoms with E-state index >= 15 is 0 Å². The van der Waals surface area contributed by atoms with Gasteiger partial charge in [-0.2, -0.15) is 21.6 Å². The molecule has 1 fully saturated rings. The van der Waals surface area contributed by atoms with Gasteiger partial charge in [0.25, 0.3) is 0 Å². The largest absolute Gasteiger partial charge is 0.523 e. The summed E-state index contributed by atoms with van der Waals surface area (Å²) in [4.78, 5) is 0.468. The maximum atomic E-state index is 12.8. The normalized spacial score (nSPS) is 27.8. The molecule has 138 valence electrons. The number of rotatable bonds is 7. The van der Waals surface area contributed by atoms with Gasteiger partial charge in [0.15, 0.2) is 0 Å². The molecule has 0 bridgehead atoms. The second-order valence-electron chi connectivity index (χ2n) is 5.24. The van der Waals surface area contributed by atoms with Gasteiger partial charge in [-0.25, -0.2) is 3.63 Å². The van der Waals surface area contributed by atoms with Crippen molar-refractivity contribution in [3.63, 3.8) is 0 Å². The molecule has 2 atom stereocenters. The molecule has 10 heteroatoms. The Morgan fingerprint density at radius 3 is 2.46 bits per heavy atom. The van der Waals surface area contributed by atoms with Gasteiger partial charge in [-0.15, -0.1) is 0 Å². The van der Waals surface area contributed by atoms with Crippen LogP contribution in [0.4, 0.5) is 13.2 Å². The Labute approximate surface area is 140 Å². The first kappa shape index (κ1) is 19.5. The van der Waals surface area contributed by atoms with Crippen molar-refractivity contribution in [2.24, 2.45) is 0 Å². The fraction of sp³-hybridized carbons (Fsp3) is 0.571. The fourth-order valence-electron chi connectivity index (χ4n) is 2.41. The second kappa shape index (κ2) is 7.61. The predicted octanol–water partition coefficient (Wildman–Crippen LogP) is 3.07. The van der Waals surface area contributed by atoms with Crippen LogP contribution in [0.15, 0.2) is 35.2 Å². The number of alkyl halides is 3. The van der Waals surface area contributed by atoms with Crippen LogP contribution in [0.5, 0.6) is 0 Å². The summed E-state index contributed by atoms with van der Waals surface area (Å²) in [5, 5.41) is 0. The molecule has 2 rings (SSSR count). The van der Waals surface area contributed by atoms with Crippen molar-refractivity contribution in [3.05, 3.63) is 30.3 Å². The number of hydrogen-bond acceptors (Lipinski definition) is 5. The molecular weight excluding hydrogens is 369 g/mol. The summed E-state index contributed by atoms with van der Waals surface area (Å²) in [5.41, 5.74) is -5.45. The van der Waals surface area contributed by atoms with Crippen molar-refractivity contribution in [1.29, 1.82) is 0 Å². The molecule has 0 aromatic heterocycles. The highest BCUT2D eigenvalue weighted by Gasteiger charge is 2.53. The standard InChI is InChI=1S/C14H19F3O5S2/c1-20-8-9-21-12-7-10-23(11-12,13-5-3-2-4-6-13)22-24(18,19)14(15,16)17/h2-6,12H,7-11H2,1H3. The third-order valence-electron chi connectivity index (χ3n) is 3.54. The predicted molar refractivity (Wildman–Crippen MR) is 84.3 cm³/mol. The van der Waals surface area contributed by atoms with Gasteiger partial charge in [-0.3, -0.25) is 0 Å². The summed E-state index contributed by atoms with van der Waals surface area (Å²) >= 11 is 0. The number of ether oxygens (including phenoxy) is 2. The lowest BCUT2D eigenvalue weighted by atomic mass is 10.3. The summed E-state index contributed by atoms with van der Waals surface area (Å²) in [7, 11) is -6.81. The average Bonchev–Trinajstić information content (AvgIpc) is 2.91. The van der Waals surface area contributed by atoms with Crippen molar-refractivity contribution < 1.29 is 34.7 Å². The van der Waals surface area contributed by atoms with Gasteiger partial charge >= 0.3 is 15.6 Å². The lowest BCUT2D eigenvalue weighted by molar-refractivity contribution is -0.0496. The quantitative estimate of drug-likeness (QED) is 0.531. The molecule has 2 unspecified atom stereocenters. The topological polar surface area (TPSA) is 61.8 Å². The number of benzene rings is 1. The summed E-state index contributed by atoms with van der Waals surface area (Å²) < 4.78 is 76.7. The zero-order valence-electron chi connectivity index (χ0n) is 13.0. The molecule has 1 saturated heterocycles. The van der Waals surface area contributed by atoms with E-state index in [2.05, 4.69) is 0 Å². The fourth-order valence-corrected chi connectivity index (χ4v) is 7.66. The first-order valence-electron chi connectivity index (χ1n) is 7.17. The molecular formula is C14H19F3O5S2. The molecule has 1 aliphatic rings. The van der Waals surface area contributed by atoms with Gasteiger partial charge in [-0.1, -0.05) is 28.5 Å². The minimum absolute atomic E-state index is 0.107. The number of halogens is 3. The summed E-state index contributed by atoms with van der Waals surface area (Å²) in [6, 6.07) is 8.19. The van der Waals surface area contributed by atoms with E-state index in [1.165, 1.54) is 7.11 Å². The first-order chi connectivity index (χ1) is 11.2. The molecule has 0 N–H and O–H groups in total. The minimum atomic E-state index is -5.68. The first-order valence-corrected chi connectivity index (χ1v) is 10.5. The van der Waals surface area contributed by atoms with E-state index in [0.717, 1.165) is 0 Å². The van der Waals surface area contributed by atoms with Gasteiger partial charge in [0.2, 0.25) is 0 Å². The molecule has 24 heavy (non-hydrogen) atoms.